The SMILES string of the molecule is CC/C=C\C/C=C\C/C=C\C/C=C\C/C=C\C/C=C\CCCCCCCCCCCCCCCCCCCCCCCCC(=O)NC(COC1OC(CO)C(O)C(O)C1O)C(O)/C=C/CCCCCCCCCCCCC. The topological polar surface area (TPSA) is 149 Å². The van der Waals surface area contributed by atoms with Crippen LogP contribution in [0.2, 0.25) is 0 Å². The van der Waals surface area contributed by atoms with Gasteiger partial charge in [0.15, 0.2) is 6.29 Å². The Hall–Kier alpha value is -2.63. The first kappa shape index (κ1) is 72.4. The number of carbonyl (C=O) groups is 1. The predicted octanol–water partition coefficient (Wildman–Crippen LogP) is 17.0. The highest BCUT2D eigenvalue weighted by molar-refractivity contribution is 5.76. The number of unbranched alkanes of at least 4 members (excludes halogenated alkanes) is 33. The first-order chi connectivity index (χ1) is 37.8. The molecule has 1 amide bonds. The van der Waals surface area contributed by atoms with Gasteiger partial charge in [-0.25, -0.2) is 0 Å². The molecule has 9 heteroatoms. The van der Waals surface area contributed by atoms with Crippen molar-refractivity contribution in [2.24, 2.45) is 0 Å². The van der Waals surface area contributed by atoms with E-state index in [9.17, 15) is 30.3 Å². The molecule has 9 nitrogen and oxygen atoms in total. The fourth-order valence-corrected chi connectivity index (χ4v) is 9.93. The summed E-state index contributed by atoms with van der Waals surface area (Å²) in [5, 5.41) is 54.5. The zero-order valence-corrected chi connectivity index (χ0v) is 49.7. The summed E-state index contributed by atoms with van der Waals surface area (Å²) in [6.07, 6.45) is 74.0. The van der Waals surface area contributed by atoms with Crippen molar-refractivity contribution >= 4 is 5.91 Å². The van der Waals surface area contributed by atoms with Crippen molar-refractivity contribution < 1.29 is 39.8 Å². The van der Waals surface area contributed by atoms with E-state index in [1.807, 2.05) is 6.08 Å². The first-order valence-corrected chi connectivity index (χ1v) is 32.3. The number of nitrogens with one attached hydrogen (secondary N) is 1. The van der Waals surface area contributed by atoms with Crippen molar-refractivity contribution in [3.05, 3.63) is 85.1 Å². The van der Waals surface area contributed by atoms with Gasteiger partial charge in [0.05, 0.1) is 25.4 Å². The molecule has 1 saturated heterocycles. The number of amides is 1. The number of rotatable bonds is 55. The zero-order chi connectivity index (χ0) is 55.8. The van der Waals surface area contributed by atoms with E-state index in [1.54, 1.807) is 6.08 Å². The van der Waals surface area contributed by atoms with E-state index >= 15 is 0 Å². The van der Waals surface area contributed by atoms with Crippen LogP contribution < -0.4 is 5.32 Å². The summed E-state index contributed by atoms with van der Waals surface area (Å²) in [7, 11) is 0. The molecule has 1 aliphatic heterocycles. The number of hydrogen-bond acceptors (Lipinski definition) is 8. The molecule has 0 saturated carbocycles. The molecule has 446 valence electrons. The minimum absolute atomic E-state index is 0.175. The Morgan fingerprint density at radius 3 is 1.19 bits per heavy atom. The quantitative estimate of drug-likeness (QED) is 0.0261. The third-order valence-corrected chi connectivity index (χ3v) is 15.0. The van der Waals surface area contributed by atoms with Gasteiger partial charge in [0.25, 0.3) is 0 Å². The Kier molecular flexibility index (Phi) is 53.2. The molecule has 0 bridgehead atoms. The maximum atomic E-state index is 13.1. The summed E-state index contributed by atoms with van der Waals surface area (Å²) in [4.78, 5) is 13.1. The van der Waals surface area contributed by atoms with E-state index in [2.05, 4.69) is 92.1 Å². The summed E-state index contributed by atoms with van der Waals surface area (Å²) in [5.41, 5.74) is 0. The molecule has 7 unspecified atom stereocenters. The maximum Gasteiger partial charge on any atom is 0.220 e. The summed E-state index contributed by atoms with van der Waals surface area (Å²) in [6.45, 7) is 3.67. The van der Waals surface area contributed by atoms with E-state index in [0.717, 1.165) is 77.0 Å². The van der Waals surface area contributed by atoms with Gasteiger partial charge < -0.3 is 40.3 Å². The van der Waals surface area contributed by atoms with Crippen molar-refractivity contribution in [2.45, 2.75) is 326 Å². The number of aliphatic hydroxyl groups is 5. The molecule has 0 aromatic heterocycles. The molecule has 0 radical (unpaired) electrons. The van der Waals surface area contributed by atoms with Crippen LogP contribution in [-0.2, 0) is 14.3 Å². The summed E-state index contributed by atoms with van der Waals surface area (Å²) in [6, 6.07) is -0.805. The zero-order valence-electron chi connectivity index (χ0n) is 49.7. The van der Waals surface area contributed by atoms with Gasteiger partial charge in [0.2, 0.25) is 5.91 Å². The standard InChI is InChI=1S/C68H121NO8/c1-3-5-7-9-11-13-15-17-18-19-20-21-22-23-24-25-26-27-28-29-30-31-32-33-34-35-36-37-38-39-40-41-42-43-44-46-48-50-52-54-56-58-64(72)69-61(60-76-68-67(75)66(74)65(73)63(59-70)77-68)62(71)57-55-53-51-49-47-45-16-14-12-10-8-6-4-2/h5,7,11,13,17-18,20-21,23-24,26-27,55,57,61-63,65-68,70-71,73-75H,3-4,6,8-10,12,14-16,19,22,25,28-54,56,58-60H2,1-2H3,(H,69,72)/b7-5-,13-11-,18-17-,21-20-,24-23-,27-26-,57-55+. The van der Waals surface area contributed by atoms with Crippen LogP contribution in [0.15, 0.2) is 85.1 Å². The molecule has 0 aliphatic carbocycles. The van der Waals surface area contributed by atoms with Crippen LogP contribution in [0.3, 0.4) is 0 Å². The van der Waals surface area contributed by atoms with Crippen LogP contribution in [0.25, 0.3) is 0 Å². The molecular weight excluding hydrogens is 959 g/mol. The van der Waals surface area contributed by atoms with Crippen LogP contribution in [0.1, 0.15) is 284 Å². The van der Waals surface area contributed by atoms with E-state index in [4.69, 9.17) is 9.47 Å². The number of hydrogen-bond donors (Lipinski definition) is 6. The summed E-state index contributed by atoms with van der Waals surface area (Å²) >= 11 is 0. The van der Waals surface area contributed by atoms with E-state index in [1.165, 1.54) is 186 Å². The third-order valence-electron chi connectivity index (χ3n) is 15.0. The average Bonchev–Trinajstić information content (AvgIpc) is 3.43. The second-order valence-corrected chi connectivity index (χ2v) is 22.2. The van der Waals surface area contributed by atoms with Gasteiger partial charge in [0.1, 0.15) is 24.4 Å². The monoisotopic (exact) mass is 1080 g/mol. The lowest BCUT2D eigenvalue weighted by atomic mass is 9.99. The second-order valence-electron chi connectivity index (χ2n) is 22.2. The van der Waals surface area contributed by atoms with Crippen molar-refractivity contribution in [3.63, 3.8) is 0 Å². The average molecular weight is 1080 g/mol. The largest absolute Gasteiger partial charge is 0.394 e. The highest BCUT2D eigenvalue weighted by Crippen LogP contribution is 2.23. The van der Waals surface area contributed by atoms with Crippen LogP contribution in [0, 0.1) is 0 Å². The molecule has 1 heterocycles. The van der Waals surface area contributed by atoms with Crippen LogP contribution in [-0.4, -0.2) is 87.5 Å². The van der Waals surface area contributed by atoms with Crippen molar-refractivity contribution in [1.82, 2.24) is 5.32 Å². The molecule has 77 heavy (non-hydrogen) atoms. The highest BCUT2D eigenvalue weighted by Gasteiger charge is 2.44. The lowest BCUT2D eigenvalue weighted by Crippen LogP contribution is -2.60. The normalized spacial score (nSPS) is 19.3. The van der Waals surface area contributed by atoms with Gasteiger partial charge >= 0.3 is 0 Å². The van der Waals surface area contributed by atoms with Gasteiger partial charge in [-0.2, -0.15) is 0 Å². The minimum atomic E-state index is -1.57. The van der Waals surface area contributed by atoms with Crippen LogP contribution in [0.4, 0.5) is 0 Å². The minimum Gasteiger partial charge on any atom is -0.394 e. The van der Waals surface area contributed by atoms with Gasteiger partial charge in [-0.1, -0.05) is 292 Å². The number of aliphatic hydroxyl groups excluding tert-OH is 5. The number of ether oxygens (including phenoxy) is 2. The van der Waals surface area contributed by atoms with Crippen LogP contribution >= 0.6 is 0 Å². The van der Waals surface area contributed by atoms with Crippen molar-refractivity contribution in [3.8, 4) is 0 Å². The Morgan fingerprint density at radius 1 is 0.455 bits per heavy atom. The molecule has 1 aliphatic rings. The lowest BCUT2D eigenvalue weighted by Gasteiger charge is -2.40. The molecule has 0 aromatic rings. The fourth-order valence-electron chi connectivity index (χ4n) is 9.93. The molecule has 1 rings (SSSR count). The highest BCUT2D eigenvalue weighted by atomic mass is 16.7. The summed E-state index contributed by atoms with van der Waals surface area (Å²) in [5.74, 6) is -0.175. The van der Waals surface area contributed by atoms with Gasteiger partial charge in [-0.15, -0.1) is 0 Å². The molecule has 1 fully saturated rings. The number of allylic oxidation sites excluding steroid dienone is 13. The fraction of sp³-hybridized carbons (Fsp3) is 0.779. The summed E-state index contributed by atoms with van der Waals surface area (Å²) < 4.78 is 11.3. The Morgan fingerprint density at radius 2 is 0.805 bits per heavy atom. The maximum absolute atomic E-state index is 13.1. The molecule has 0 aromatic carbocycles. The van der Waals surface area contributed by atoms with E-state index < -0.39 is 49.5 Å². The lowest BCUT2D eigenvalue weighted by molar-refractivity contribution is -0.302. The smallest absolute Gasteiger partial charge is 0.220 e. The molecular formula is C68H121NO8. The third kappa shape index (κ3) is 45.8. The molecule has 6 N–H and O–H groups in total. The second kappa shape index (κ2) is 56.6. The van der Waals surface area contributed by atoms with Gasteiger partial charge in [0, 0.05) is 6.42 Å². The first-order valence-electron chi connectivity index (χ1n) is 32.3. The van der Waals surface area contributed by atoms with Gasteiger partial charge in [-0.3, -0.25) is 4.79 Å². The van der Waals surface area contributed by atoms with Gasteiger partial charge in [-0.05, 0) is 70.6 Å². The van der Waals surface area contributed by atoms with Crippen molar-refractivity contribution in [2.75, 3.05) is 13.2 Å². The molecule has 0 spiro atoms. The Balaban J connectivity index is 2.04. The van der Waals surface area contributed by atoms with Crippen molar-refractivity contribution in [1.29, 1.82) is 0 Å². The Labute approximate surface area is 473 Å². The Bertz CT molecular complexity index is 1490. The van der Waals surface area contributed by atoms with E-state index in [-0.39, 0.29) is 12.5 Å². The number of carbonyl (C=O) groups excluding carboxylic acids is 1. The van der Waals surface area contributed by atoms with E-state index in [0.29, 0.717) is 6.42 Å². The van der Waals surface area contributed by atoms with Crippen LogP contribution in [0.5, 0.6) is 0 Å². The molecule has 7 atom stereocenters. The predicted molar refractivity (Wildman–Crippen MR) is 327 cm³/mol.